The zero-order valence-electron chi connectivity index (χ0n) is 10.9. The Hall–Kier alpha value is -2.30. The number of halogens is 2. The molecule has 3 nitrogen and oxygen atoms in total. The Morgan fingerprint density at radius 1 is 1.25 bits per heavy atom. The molecule has 5 heteroatoms. The van der Waals surface area contributed by atoms with E-state index in [4.69, 9.17) is 0 Å². The topological polar surface area (TPSA) is 34.9 Å². The number of rotatable bonds is 1. The summed E-state index contributed by atoms with van der Waals surface area (Å²) in [5.41, 5.74) is 2.58. The highest BCUT2D eigenvalue weighted by atomic mass is 19.2. The van der Waals surface area contributed by atoms with Crippen molar-refractivity contribution in [2.75, 3.05) is 0 Å². The number of ketones is 1. The fourth-order valence-corrected chi connectivity index (χ4v) is 2.43. The van der Waals surface area contributed by atoms with E-state index in [0.29, 0.717) is 29.5 Å². The molecule has 1 aromatic carbocycles. The molecule has 0 spiro atoms. The number of benzene rings is 1. The maximum absolute atomic E-state index is 13.2. The number of Topliss-reactive ketones (excluding diaryl/α,β-unsaturated/α-hetero) is 1. The average molecular weight is 274 g/mol. The monoisotopic (exact) mass is 274 g/mol. The summed E-state index contributed by atoms with van der Waals surface area (Å²) in [6.45, 7) is 0. The third-order valence-corrected chi connectivity index (χ3v) is 3.51. The fraction of sp³-hybridized carbons (Fsp3) is 0.200. The second-order valence-corrected chi connectivity index (χ2v) is 4.80. The molecular weight excluding hydrogens is 262 g/mol. The van der Waals surface area contributed by atoms with Gasteiger partial charge in [0.05, 0.1) is 11.8 Å². The van der Waals surface area contributed by atoms with Crippen LogP contribution in [0.3, 0.4) is 0 Å². The number of nitrogens with zero attached hydrogens (tertiary/aromatic N) is 2. The standard InChI is InChI=1S/C15H12F2N2O/c1-19-14-5-3-10(15(20)11(14)8-18-19)6-9-2-4-12(16)13(17)7-9/h2,4,6-8H,3,5H2,1H3/b10-6+. The minimum absolute atomic E-state index is 0.0934. The summed E-state index contributed by atoms with van der Waals surface area (Å²) < 4.78 is 27.7. The highest BCUT2D eigenvalue weighted by Crippen LogP contribution is 2.26. The number of hydrogen-bond donors (Lipinski definition) is 0. The van der Waals surface area contributed by atoms with Crippen molar-refractivity contribution in [1.29, 1.82) is 0 Å². The van der Waals surface area contributed by atoms with Gasteiger partial charge in [-0.3, -0.25) is 9.48 Å². The van der Waals surface area contributed by atoms with E-state index in [2.05, 4.69) is 5.10 Å². The van der Waals surface area contributed by atoms with Gasteiger partial charge in [-0.1, -0.05) is 6.07 Å². The maximum Gasteiger partial charge on any atom is 0.192 e. The Balaban J connectivity index is 1.97. The molecule has 0 unspecified atom stereocenters. The van der Waals surface area contributed by atoms with Crippen LogP contribution in [0.1, 0.15) is 28.0 Å². The third kappa shape index (κ3) is 2.05. The van der Waals surface area contributed by atoms with E-state index in [1.54, 1.807) is 24.0 Å². The summed E-state index contributed by atoms with van der Waals surface area (Å²) in [5, 5.41) is 4.07. The Bertz CT molecular complexity index is 731. The summed E-state index contributed by atoms with van der Waals surface area (Å²) in [6, 6.07) is 3.61. The molecule has 0 fully saturated rings. The van der Waals surface area contributed by atoms with Gasteiger partial charge in [0, 0.05) is 18.3 Å². The molecule has 102 valence electrons. The number of fused-ring (bicyclic) bond motifs is 1. The normalized spacial score (nSPS) is 16.6. The molecule has 0 saturated heterocycles. The Kier molecular flexibility index (Phi) is 2.97. The first kappa shape index (κ1) is 12.7. The van der Waals surface area contributed by atoms with Crippen molar-refractivity contribution in [3.8, 4) is 0 Å². The van der Waals surface area contributed by atoms with E-state index >= 15 is 0 Å². The van der Waals surface area contributed by atoms with Crippen LogP contribution in [0.15, 0.2) is 30.0 Å². The van der Waals surface area contributed by atoms with Crippen LogP contribution < -0.4 is 0 Å². The lowest BCUT2D eigenvalue weighted by atomic mass is 9.90. The zero-order valence-corrected chi connectivity index (χ0v) is 10.9. The Morgan fingerprint density at radius 3 is 2.80 bits per heavy atom. The van der Waals surface area contributed by atoms with Gasteiger partial charge in [-0.25, -0.2) is 8.78 Å². The van der Waals surface area contributed by atoms with Crippen molar-refractivity contribution in [1.82, 2.24) is 9.78 Å². The summed E-state index contributed by atoms with van der Waals surface area (Å²) in [6.07, 6.45) is 4.45. The lowest BCUT2D eigenvalue weighted by Crippen LogP contribution is -2.15. The van der Waals surface area contributed by atoms with Crippen molar-refractivity contribution in [3.05, 3.63) is 58.4 Å². The predicted molar refractivity (Wildman–Crippen MR) is 70.2 cm³/mol. The smallest absolute Gasteiger partial charge is 0.192 e. The highest BCUT2D eigenvalue weighted by molar-refractivity contribution is 6.12. The highest BCUT2D eigenvalue weighted by Gasteiger charge is 2.24. The number of hydrogen-bond acceptors (Lipinski definition) is 2. The number of aryl methyl sites for hydroxylation is 1. The lowest BCUT2D eigenvalue weighted by Gasteiger charge is -2.14. The minimum Gasteiger partial charge on any atom is -0.289 e. The molecule has 0 saturated carbocycles. The molecule has 0 amide bonds. The van der Waals surface area contributed by atoms with Crippen LogP contribution in [0.25, 0.3) is 6.08 Å². The largest absolute Gasteiger partial charge is 0.289 e. The van der Waals surface area contributed by atoms with Gasteiger partial charge >= 0.3 is 0 Å². The van der Waals surface area contributed by atoms with E-state index in [0.717, 1.165) is 17.8 Å². The number of carbonyl (C=O) groups excluding carboxylic acids is 1. The lowest BCUT2D eigenvalue weighted by molar-refractivity contribution is 0.102. The van der Waals surface area contributed by atoms with Crippen molar-refractivity contribution < 1.29 is 13.6 Å². The molecule has 2 aromatic rings. The van der Waals surface area contributed by atoms with E-state index in [1.165, 1.54) is 6.07 Å². The first-order chi connectivity index (χ1) is 9.56. The first-order valence-corrected chi connectivity index (χ1v) is 6.27. The van der Waals surface area contributed by atoms with Crippen molar-refractivity contribution in [2.24, 2.45) is 7.05 Å². The SMILES string of the molecule is Cn1ncc2c1CC/C(=C\c1ccc(F)c(F)c1)C2=O. The molecule has 0 radical (unpaired) electrons. The molecular formula is C15H12F2N2O. The fourth-order valence-electron chi connectivity index (χ4n) is 2.43. The molecule has 1 aliphatic rings. The predicted octanol–water partition coefficient (Wildman–Crippen LogP) is 2.91. The number of aromatic nitrogens is 2. The molecule has 1 aliphatic carbocycles. The van der Waals surface area contributed by atoms with E-state index in [9.17, 15) is 13.6 Å². The zero-order chi connectivity index (χ0) is 14.3. The van der Waals surface area contributed by atoms with Gasteiger partial charge in [0.2, 0.25) is 0 Å². The van der Waals surface area contributed by atoms with Gasteiger partial charge in [-0.05, 0) is 36.6 Å². The number of carbonyl (C=O) groups is 1. The minimum atomic E-state index is -0.912. The van der Waals surface area contributed by atoms with Crippen LogP contribution >= 0.6 is 0 Å². The van der Waals surface area contributed by atoms with Crippen LogP contribution in [0, 0.1) is 11.6 Å². The van der Waals surface area contributed by atoms with Crippen LogP contribution in [-0.2, 0) is 13.5 Å². The molecule has 0 atom stereocenters. The number of allylic oxidation sites excluding steroid dienone is 1. The van der Waals surface area contributed by atoms with Crippen molar-refractivity contribution >= 4 is 11.9 Å². The van der Waals surface area contributed by atoms with Crippen LogP contribution in [0.5, 0.6) is 0 Å². The molecule has 0 N–H and O–H groups in total. The molecule has 0 aliphatic heterocycles. The van der Waals surface area contributed by atoms with Gasteiger partial charge in [-0.2, -0.15) is 5.10 Å². The average Bonchev–Trinajstić information content (AvgIpc) is 2.80. The van der Waals surface area contributed by atoms with E-state index in [-0.39, 0.29) is 5.78 Å². The second kappa shape index (κ2) is 4.67. The van der Waals surface area contributed by atoms with Crippen molar-refractivity contribution in [3.63, 3.8) is 0 Å². The summed E-state index contributed by atoms with van der Waals surface area (Å²) >= 11 is 0. The summed E-state index contributed by atoms with van der Waals surface area (Å²) in [7, 11) is 1.80. The Morgan fingerprint density at radius 2 is 2.05 bits per heavy atom. The van der Waals surface area contributed by atoms with Crippen LogP contribution in [0.4, 0.5) is 8.78 Å². The Labute approximate surface area is 114 Å². The maximum atomic E-state index is 13.2. The first-order valence-electron chi connectivity index (χ1n) is 6.27. The van der Waals surface area contributed by atoms with Crippen LogP contribution in [0.2, 0.25) is 0 Å². The molecule has 3 rings (SSSR count). The quantitative estimate of drug-likeness (QED) is 0.749. The van der Waals surface area contributed by atoms with Crippen LogP contribution in [-0.4, -0.2) is 15.6 Å². The van der Waals surface area contributed by atoms with Gasteiger partial charge in [0.25, 0.3) is 0 Å². The summed E-state index contributed by atoms with van der Waals surface area (Å²) in [5.74, 6) is -1.90. The third-order valence-electron chi connectivity index (χ3n) is 3.51. The molecule has 20 heavy (non-hydrogen) atoms. The summed E-state index contributed by atoms with van der Waals surface area (Å²) in [4.78, 5) is 12.3. The van der Waals surface area contributed by atoms with Gasteiger partial charge < -0.3 is 0 Å². The van der Waals surface area contributed by atoms with E-state index in [1.807, 2.05) is 0 Å². The molecule has 1 aromatic heterocycles. The van der Waals surface area contributed by atoms with E-state index < -0.39 is 11.6 Å². The van der Waals surface area contributed by atoms with Gasteiger partial charge in [0.15, 0.2) is 17.4 Å². The van der Waals surface area contributed by atoms with Crippen molar-refractivity contribution in [2.45, 2.75) is 12.8 Å². The second-order valence-electron chi connectivity index (χ2n) is 4.80. The van der Waals surface area contributed by atoms with Gasteiger partial charge in [0.1, 0.15) is 0 Å². The molecule has 0 bridgehead atoms. The molecule has 1 heterocycles. The van der Waals surface area contributed by atoms with Gasteiger partial charge in [-0.15, -0.1) is 0 Å².